The van der Waals surface area contributed by atoms with Gasteiger partial charge in [0.25, 0.3) is 5.91 Å². The summed E-state index contributed by atoms with van der Waals surface area (Å²) in [6, 6.07) is 4.76. The summed E-state index contributed by atoms with van der Waals surface area (Å²) in [7, 11) is 0. The van der Waals surface area contributed by atoms with Crippen molar-refractivity contribution in [3.8, 4) is 0 Å². The maximum atomic E-state index is 12.2. The van der Waals surface area contributed by atoms with E-state index in [-0.39, 0.29) is 22.8 Å². The summed E-state index contributed by atoms with van der Waals surface area (Å²) in [5.74, 6) is -1.31. The van der Waals surface area contributed by atoms with Crippen LogP contribution in [0.1, 0.15) is 36.5 Å². The molecule has 3 saturated carbocycles. The highest BCUT2D eigenvalue weighted by Gasteiger charge is 2.71. The predicted molar refractivity (Wildman–Crippen MR) is 79.7 cm³/mol. The van der Waals surface area contributed by atoms with Gasteiger partial charge < -0.3 is 10.4 Å². The Morgan fingerprint density at radius 2 is 1.86 bits per heavy atom. The lowest BCUT2D eigenvalue weighted by Crippen LogP contribution is -2.77. The number of aliphatic carboxylic acids is 1. The molecule has 21 heavy (non-hydrogen) atoms. The number of amides is 1. The largest absolute Gasteiger partial charge is 0.481 e. The standard InChI is InChI=1S/C15H15Cl2NO3/c1-8(13(20)21)14-5-15(6-14,7-14)18-12(19)9-2-3-10(16)11(17)4-9/h2-4,8H,5-7H2,1H3,(H,18,19)(H,20,21). The molecule has 1 amide bonds. The van der Waals surface area contributed by atoms with Gasteiger partial charge in [0.05, 0.1) is 16.0 Å². The molecule has 2 bridgehead atoms. The van der Waals surface area contributed by atoms with Crippen LogP contribution in [0.4, 0.5) is 0 Å². The van der Waals surface area contributed by atoms with Gasteiger partial charge in [-0.3, -0.25) is 9.59 Å². The van der Waals surface area contributed by atoms with Gasteiger partial charge in [-0.15, -0.1) is 0 Å². The Balaban J connectivity index is 1.64. The third kappa shape index (κ3) is 2.21. The van der Waals surface area contributed by atoms with E-state index in [1.54, 1.807) is 25.1 Å². The number of carbonyl (C=O) groups is 2. The zero-order chi connectivity index (χ0) is 15.4. The van der Waals surface area contributed by atoms with Gasteiger partial charge in [-0.1, -0.05) is 30.1 Å². The number of rotatable bonds is 4. The number of hydrogen-bond donors (Lipinski definition) is 2. The van der Waals surface area contributed by atoms with Crippen LogP contribution in [0, 0.1) is 11.3 Å². The monoisotopic (exact) mass is 327 g/mol. The second-order valence-corrected chi connectivity index (χ2v) is 7.13. The first-order valence-electron chi connectivity index (χ1n) is 6.77. The van der Waals surface area contributed by atoms with Gasteiger partial charge in [0.15, 0.2) is 0 Å². The summed E-state index contributed by atoms with van der Waals surface area (Å²) in [6.07, 6.45) is 2.21. The van der Waals surface area contributed by atoms with Crippen LogP contribution in [0.2, 0.25) is 10.0 Å². The quantitative estimate of drug-likeness (QED) is 0.890. The smallest absolute Gasteiger partial charge is 0.306 e. The van der Waals surface area contributed by atoms with E-state index < -0.39 is 5.97 Å². The second-order valence-electron chi connectivity index (χ2n) is 6.32. The van der Waals surface area contributed by atoms with E-state index in [1.165, 1.54) is 0 Å². The van der Waals surface area contributed by atoms with Crippen LogP contribution in [0.15, 0.2) is 18.2 Å². The number of nitrogens with one attached hydrogen (secondary N) is 1. The molecule has 0 saturated heterocycles. The minimum Gasteiger partial charge on any atom is -0.481 e. The number of carboxylic acid groups (broad SMARTS) is 1. The van der Waals surface area contributed by atoms with Crippen molar-refractivity contribution in [3.63, 3.8) is 0 Å². The van der Waals surface area contributed by atoms with Crippen LogP contribution in [0.3, 0.4) is 0 Å². The Hall–Kier alpha value is -1.26. The predicted octanol–water partition coefficient (Wildman–Crippen LogP) is 3.37. The van der Waals surface area contributed by atoms with Crippen LogP contribution in [-0.4, -0.2) is 22.5 Å². The minimum atomic E-state index is -0.765. The van der Waals surface area contributed by atoms with Crippen LogP contribution < -0.4 is 5.32 Å². The molecule has 0 spiro atoms. The average Bonchev–Trinajstić information content (AvgIpc) is 2.34. The molecule has 0 heterocycles. The van der Waals surface area contributed by atoms with E-state index in [9.17, 15) is 9.59 Å². The van der Waals surface area contributed by atoms with Crippen LogP contribution in [0.25, 0.3) is 0 Å². The Kier molecular flexibility index (Phi) is 3.22. The average molecular weight is 328 g/mol. The van der Waals surface area contributed by atoms with Crippen molar-refractivity contribution < 1.29 is 14.7 Å². The van der Waals surface area contributed by atoms with Crippen LogP contribution >= 0.6 is 23.2 Å². The van der Waals surface area contributed by atoms with E-state index in [4.69, 9.17) is 28.3 Å². The first kappa shape index (κ1) is 14.7. The molecule has 2 N–H and O–H groups in total. The van der Waals surface area contributed by atoms with Crippen LogP contribution in [0.5, 0.6) is 0 Å². The topological polar surface area (TPSA) is 66.4 Å². The molecule has 1 aromatic carbocycles. The molecule has 1 aromatic rings. The lowest BCUT2D eigenvalue weighted by Gasteiger charge is -2.72. The van der Waals surface area contributed by atoms with E-state index in [1.807, 2.05) is 0 Å². The molecule has 3 aliphatic rings. The van der Waals surface area contributed by atoms with E-state index in [2.05, 4.69) is 5.32 Å². The first-order valence-corrected chi connectivity index (χ1v) is 7.53. The van der Waals surface area contributed by atoms with Gasteiger partial charge in [0.1, 0.15) is 0 Å². The minimum absolute atomic E-state index is 0.128. The fraction of sp³-hybridized carbons (Fsp3) is 0.467. The molecule has 0 radical (unpaired) electrons. The third-order valence-corrected chi connectivity index (χ3v) is 5.66. The highest BCUT2D eigenvalue weighted by molar-refractivity contribution is 6.42. The van der Waals surface area contributed by atoms with Crippen molar-refractivity contribution in [2.45, 2.75) is 31.7 Å². The molecule has 3 fully saturated rings. The SMILES string of the molecule is CC(C(=O)O)C12CC(NC(=O)c3ccc(Cl)c(Cl)c3)(C1)C2. The molecular formula is C15H15Cl2NO3. The fourth-order valence-electron chi connectivity index (χ4n) is 3.67. The summed E-state index contributed by atoms with van der Waals surface area (Å²) in [6.45, 7) is 1.74. The van der Waals surface area contributed by atoms with Gasteiger partial charge in [-0.05, 0) is 42.9 Å². The number of carboxylic acids is 1. The highest BCUT2D eigenvalue weighted by Crippen LogP contribution is 2.70. The maximum Gasteiger partial charge on any atom is 0.306 e. The van der Waals surface area contributed by atoms with Gasteiger partial charge in [-0.2, -0.15) is 0 Å². The van der Waals surface area contributed by atoms with Crippen molar-refractivity contribution >= 4 is 35.1 Å². The summed E-state index contributed by atoms with van der Waals surface area (Å²) in [4.78, 5) is 23.3. The molecule has 3 aliphatic carbocycles. The Morgan fingerprint density at radius 1 is 1.24 bits per heavy atom. The normalized spacial score (nSPS) is 30.8. The molecule has 4 rings (SSSR count). The number of benzene rings is 1. The summed E-state index contributed by atoms with van der Waals surface area (Å²) in [5.41, 5.74) is 0.110. The molecule has 4 nitrogen and oxygen atoms in total. The zero-order valence-corrected chi connectivity index (χ0v) is 13.0. The molecular weight excluding hydrogens is 313 g/mol. The molecule has 0 aliphatic heterocycles. The van der Waals surface area contributed by atoms with E-state index in [0.29, 0.717) is 15.6 Å². The van der Waals surface area contributed by atoms with E-state index in [0.717, 1.165) is 19.3 Å². The van der Waals surface area contributed by atoms with Crippen molar-refractivity contribution in [2.75, 3.05) is 0 Å². The van der Waals surface area contributed by atoms with Crippen molar-refractivity contribution in [1.82, 2.24) is 5.32 Å². The number of halogens is 2. The molecule has 112 valence electrons. The second kappa shape index (κ2) is 4.62. The number of carbonyl (C=O) groups excluding carboxylic acids is 1. The summed E-state index contributed by atoms with van der Waals surface area (Å²) >= 11 is 11.7. The Bertz CT molecular complexity index is 624. The Labute approximate surface area is 132 Å². The summed E-state index contributed by atoms with van der Waals surface area (Å²) in [5, 5.41) is 12.9. The van der Waals surface area contributed by atoms with Gasteiger partial charge in [-0.25, -0.2) is 0 Å². The first-order chi connectivity index (χ1) is 9.77. The van der Waals surface area contributed by atoms with Gasteiger partial charge in [0.2, 0.25) is 0 Å². The van der Waals surface area contributed by atoms with Gasteiger partial charge in [0, 0.05) is 11.1 Å². The van der Waals surface area contributed by atoms with Crippen molar-refractivity contribution in [1.29, 1.82) is 0 Å². The maximum absolute atomic E-state index is 12.2. The summed E-state index contributed by atoms with van der Waals surface area (Å²) < 4.78 is 0. The molecule has 0 aromatic heterocycles. The zero-order valence-electron chi connectivity index (χ0n) is 11.5. The molecule has 6 heteroatoms. The molecule has 1 unspecified atom stereocenters. The highest BCUT2D eigenvalue weighted by atomic mass is 35.5. The third-order valence-electron chi connectivity index (χ3n) is 4.92. The fourth-order valence-corrected chi connectivity index (χ4v) is 3.97. The number of hydrogen-bond acceptors (Lipinski definition) is 2. The lowest BCUT2D eigenvalue weighted by atomic mass is 9.36. The van der Waals surface area contributed by atoms with Crippen LogP contribution in [-0.2, 0) is 4.79 Å². The lowest BCUT2D eigenvalue weighted by molar-refractivity contribution is -0.195. The van der Waals surface area contributed by atoms with Crippen molar-refractivity contribution in [3.05, 3.63) is 33.8 Å². The van der Waals surface area contributed by atoms with Crippen molar-refractivity contribution in [2.24, 2.45) is 11.3 Å². The Morgan fingerprint density at radius 3 is 2.38 bits per heavy atom. The van der Waals surface area contributed by atoms with Gasteiger partial charge >= 0.3 is 5.97 Å². The molecule has 1 atom stereocenters. The van der Waals surface area contributed by atoms with E-state index >= 15 is 0 Å².